The van der Waals surface area contributed by atoms with E-state index in [9.17, 15) is 14.7 Å². The van der Waals surface area contributed by atoms with Crippen LogP contribution in [0, 0.1) is 17.8 Å². The number of piperidine rings is 1. The fourth-order valence-corrected chi connectivity index (χ4v) is 6.19. The van der Waals surface area contributed by atoms with Crippen LogP contribution >= 0.6 is 0 Å². The van der Waals surface area contributed by atoms with Gasteiger partial charge in [0.05, 0.1) is 18.8 Å². The maximum Gasteiger partial charge on any atom is 0.302 e. The SMILES string of the molecule is CCCCC[C@@H](C[C@@H](CCC1CC(CC2CC[NH2+]C(N)C2)C(O)C(OC)C1)OC(C)=O)OC(C)=O. The van der Waals surface area contributed by atoms with Gasteiger partial charge in [0.25, 0.3) is 0 Å². The van der Waals surface area contributed by atoms with Crippen LogP contribution in [0.15, 0.2) is 0 Å². The molecule has 2 fully saturated rings. The molecule has 0 amide bonds. The van der Waals surface area contributed by atoms with E-state index in [4.69, 9.17) is 19.9 Å². The zero-order valence-electron chi connectivity index (χ0n) is 22.5. The normalized spacial score (nSPS) is 30.9. The minimum atomic E-state index is -0.449. The maximum absolute atomic E-state index is 11.8. The lowest BCUT2D eigenvalue weighted by Gasteiger charge is -2.41. The second-order valence-electron chi connectivity index (χ2n) is 10.9. The van der Waals surface area contributed by atoms with Gasteiger partial charge in [-0.1, -0.05) is 19.8 Å². The molecule has 8 atom stereocenters. The molecule has 2 rings (SSSR count). The quantitative estimate of drug-likeness (QED) is 0.248. The van der Waals surface area contributed by atoms with Crippen molar-refractivity contribution in [3.8, 4) is 0 Å². The molecule has 1 saturated heterocycles. The number of quaternary nitrogens is 1. The number of ether oxygens (including phenoxy) is 3. The van der Waals surface area contributed by atoms with Crippen LogP contribution in [0.2, 0.25) is 0 Å². The Morgan fingerprint density at radius 2 is 1.71 bits per heavy atom. The summed E-state index contributed by atoms with van der Waals surface area (Å²) in [5, 5.41) is 13.2. The van der Waals surface area contributed by atoms with Crippen LogP contribution in [-0.2, 0) is 23.8 Å². The van der Waals surface area contributed by atoms with Crippen molar-refractivity contribution >= 4 is 11.9 Å². The number of nitrogens with two attached hydrogens (primary N) is 2. The molecule has 6 unspecified atom stereocenters. The monoisotopic (exact) mass is 499 g/mol. The number of aliphatic hydroxyl groups excluding tert-OH is 1. The van der Waals surface area contributed by atoms with E-state index in [0.717, 1.165) is 77.2 Å². The zero-order chi connectivity index (χ0) is 25.8. The molecule has 0 radical (unpaired) electrons. The summed E-state index contributed by atoms with van der Waals surface area (Å²) in [6, 6.07) is 0. The van der Waals surface area contributed by atoms with E-state index in [1.54, 1.807) is 7.11 Å². The van der Waals surface area contributed by atoms with E-state index in [0.29, 0.717) is 18.3 Å². The lowest BCUT2D eigenvalue weighted by Crippen LogP contribution is -2.94. The Balaban J connectivity index is 1.97. The molecule has 8 heteroatoms. The van der Waals surface area contributed by atoms with Crippen molar-refractivity contribution in [2.45, 2.75) is 128 Å². The molecule has 8 nitrogen and oxygen atoms in total. The average molecular weight is 500 g/mol. The molecule has 5 N–H and O–H groups in total. The van der Waals surface area contributed by atoms with Gasteiger partial charge in [0.2, 0.25) is 0 Å². The van der Waals surface area contributed by atoms with Crippen molar-refractivity contribution in [1.29, 1.82) is 0 Å². The summed E-state index contributed by atoms with van der Waals surface area (Å²) in [6.45, 7) is 6.07. The molecule has 2 aliphatic rings. The number of hydrogen-bond donors (Lipinski definition) is 3. The Morgan fingerprint density at radius 3 is 2.31 bits per heavy atom. The van der Waals surface area contributed by atoms with Crippen LogP contribution in [0.5, 0.6) is 0 Å². The van der Waals surface area contributed by atoms with E-state index in [-0.39, 0.29) is 42.3 Å². The van der Waals surface area contributed by atoms with Gasteiger partial charge in [-0.25, -0.2) is 0 Å². The molecule has 35 heavy (non-hydrogen) atoms. The zero-order valence-corrected chi connectivity index (χ0v) is 22.5. The molecule has 0 bridgehead atoms. The number of carbonyl (C=O) groups excluding carboxylic acids is 2. The van der Waals surface area contributed by atoms with Gasteiger partial charge in [-0.3, -0.25) is 15.3 Å². The van der Waals surface area contributed by atoms with Crippen LogP contribution in [0.4, 0.5) is 0 Å². The van der Waals surface area contributed by atoms with Gasteiger partial charge >= 0.3 is 11.9 Å². The molecule has 0 aromatic heterocycles. The van der Waals surface area contributed by atoms with Gasteiger partial charge in [-0.05, 0) is 69.1 Å². The van der Waals surface area contributed by atoms with E-state index < -0.39 is 6.10 Å². The molecule has 0 spiro atoms. The Labute approximate surface area is 212 Å². The number of rotatable bonds is 14. The molecule has 0 aromatic carbocycles. The Hall–Kier alpha value is -1.22. The molecular formula is C27H51N2O6+. The van der Waals surface area contributed by atoms with E-state index in [1.165, 1.54) is 13.8 Å². The first-order valence-electron chi connectivity index (χ1n) is 13.9. The largest absolute Gasteiger partial charge is 0.462 e. The lowest BCUT2D eigenvalue weighted by molar-refractivity contribution is -0.699. The van der Waals surface area contributed by atoms with Crippen molar-refractivity contribution in [2.75, 3.05) is 13.7 Å². The van der Waals surface area contributed by atoms with Gasteiger partial charge < -0.3 is 24.6 Å². The Morgan fingerprint density at radius 1 is 1.03 bits per heavy atom. The number of aliphatic hydroxyl groups is 1. The highest BCUT2D eigenvalue weighted by molar-refractivity contribution is 5.66. The first-order chi connectivity index (χ1) is 16.7. The fourth-order valence-electron chi connectivity index (χ4n) is 6.19. The minimum absolute atomic E-state index is 0.162. The average Bonchev–Trinajstić information content (AvgIpc) is 2.78. The second-order valence-corrected chi connectivity index (χ2v) is 10.9. The third kappa shape index (κ3) is 11.1. The predicted molar refractivity (Wildman–Crippen MR) is 134 cm³/mol. The van der Waals surface area contributed by atoms with Crippen molar-refractivity contribution in [2.24, 2.45) is 23.5 Å². The molecule has 1 aliphatic carbocycles. The van der Waals surface area contributed by atoms with Crippen molar-refractivity contribution in [1.82, 2.24) is 0 Å². The molecule has 204 valence electrons. The Bertz CT molecular complexity index is 633. The van der Waals surface area contributed by atoms with Gasteiger partial charge in [-0.2, -0.15) is 0 Å². The summed E-state index contributed by atoms with van der Waals surface area (Å²) in [5.41, 5.74) is 6.16. The highest BCUT2D eigenvalue weighted by Gasteiger charge is 2.39. The number of unbranched alkanes of at least 4 members (excludes halogenated alkanes) is 2. The molecular weight excluding hydrogens is 448 g/mol. The van der Waals surface area contributed by atoms with Crippen LogP contribution in [0.1, 0.15) is 97.8 Å². The summed E-state index contributed by atoms with van der Waals surface area (Å²) in [6.07, 6.45) is 10.0. The predicted octanol–water partition coefficient (Wildman–Crippen LogP) is 2.65. The maximum atomic E-state index is 11.8. The molecule has 1 saturated carbocycles. The van der Waals surface area contributed by atoms with Crippen LogP contribution in [0.3, 0.4) is 0 Å². The van der Waals surface area contributed by atoms with Gasteiger partial charge in [-0.15, -0.1) is 0 Å². The second kappa shape index (κ2) is 15.8. The van der Waals surface area contributed by atoms with Gasteiger partial charge in [0, 0.05) is 33.8 Å². The molecule has 0 aromatic rings. The van der Waals surface area contributed by atoms with Crippen LogP contribution < -0.4 is 11.1 Å². The summed E-state index contributed by atoms with van der Waals surface area (Å²) >= 11 is 0. The van der Waals surface area contributed by atoms with E-state index >= 15 is 0 Å². The summed E-state index contributed by atoms with van der Waals surface area (Å²) in [4.78, 5) is 23.5. The van der Waals surface area contributed by atoms with Gasteiger partial charge in [0.15, 0.2) is 0 Å². The topological polar surface area (TPSA) is 125 Å². The van der Waals surface area contributed by atoms with E-state index in [1.807, 2.05) is 0 Å². The van der Waals surface area contributed by atoms with Crippen LogP contribution in [-0.4, -0.2) is 61.3 Å². The summed E-state index contributed by atoms with van der Waals surface area (Å²) in [7, 11) is 1.68. The van der Waals surface area contributed by atoms with Crippen molar-refractivity contribution < 1.29 is 34.2 Å². The number of hydrogen-bond acceptors (Lipinski definition) is 7. The van der Waals surface area contributed by atoms with Crippen LogP contribution in [0.25, 0.3) is 0 Å². The standard InChI is InChI=1S/C27H50N2O6/c1-5-6-7-8-23(34-18(2)30)17-24(35-19(3)31)10-9-20-13-22(27(32)25(15-20)33-4)14-21-11-12-29-26(28)16-21/h20-27,29,32H,5-17,28H2,1-4H3/p+1/t20?,21?,22?,23-,24+,25?,26?,27?/m0/s1. The Kier molecular flexibility index (Phi) is 13.5. The highest BCUT2D eigenvalue weighted by Crippen LogP contribution is 2.39. The summed E-state index contributed by atoms with van der Waals surface area (Å²) < 4.78 is 16.9. The number of carbonyl (C=O) groups is 2. The lowest BCUT2D eigenvalue weighted by atomic mass is 9.71. The molecule has 1 aliphatic heterocycles. The fraction of sp³-hybridized carbons (Fsp3) is 0.926. The third-order valence-electron chi connectivity index (χ3n) is 7.87. The van der Waals surface area contributed by atoms with Crippen molar-refractivity contribution in [3.63, 3.8) is 0 Å². The first kappa shape index (κ1) is 30.0. The summed E-state index contributed by atoms with van der Waals surface area (Å²) in [5.74, 6) is 0.543. The number of methoxy groups -OCH3 is 1. The van der Waals surface area contributed by atoms with Gasteiger partial charge in [0.1, 0.15) is 18.4 Å². The highest BCUT2D eigenvalue weighted by atomic mass is 16.6. The minimum Gasteiger partial charge on any atom is -0.462 e. The smallest absolute Gasteiger partial charge is 0.302 e. The first-order valence-corrected chi connectivity index (χ1v) is 13.9. The third-order valence-corrected chi connectivity index (χ3v) is 7.87. The molecule has 1 heterocycles. The van der Waals surface area contributed by atoms with Crippen molar-refractivity contribution in [3.05, 3.63) is 0 Å². The number of esters is 2. The van der Waals surface area contributed by atoms with E-state index in [2.05, 4.69) is 12.2 Å².